The van der Waals surface area contributed by atoms with Crippen molar-refractivity contribution >= 4 is 75.4 Å². The fourth-order valence-electron chi connectivity index (χ4n) is 1.79. The molecule has 0 unspecified atom stereocenters. The number of aromatic hydroxyl groups is 2. The zero-order chi connectivity index (χ0) is 15.7. The first kappa shape index (κ1) is 17.1. The SMILES string of the molecule is C/C(=C\c1cc(Br)c(O)c(Br)c1)c1cc(Br)c(O)c(Br)c1. The summed E-state index contributed by atoms with van der Waals surface area (Å²) in [6, 6.07) is 7.40. The molecule has 0 heterocycles. The number of halogens is 4. The Morgan fingerprint density at radius 3 is 1.62 bits per heavy atom. The number of hydrogen-bond acceptors (Lipinski definition) is 2. The Morgan fingerprint density at radius 2 is 1.19 bits per heavy atom. The van der Waals surface area contributed by atoms with Gasteiger partial charge in [-0.05, 0) is 112 Å². The van der Waals surface area contributed by atoms with E-state index in [4.69, 9.17) is 0 Å². The molecule has 0 aromatic heterocycles. The quantitative estimate of drug-likeness (QED) is 0.415. The summed E-state index contributed by atoms with van der Waals surface area (Å²) in [6.45, 7) is 1.99. The normalized spacial score (nSPS) is 11.8. The molecule has 2 N–H and O–H groups in total. The molecule has 0 aliphatic carbocycles. The van der Waals surface area contributed by atoms with E-state index in [2.05, 4.69) is 63.7 Å². The van der Waals surface area contributed by atoms with Gasteiger partial charge in [-0.3, -0.25) is 0 Å². The second-order valence-electron chi connectivity index (χ2n) is 4.45. The van der Waals surface area contributed by atoms with Crippen molar-refractivity contribution in [1.29, 1.82) is 0 Å². The summed E-state index contributed by atoms with van der Waals surface area (Å²) >= 11 is 13.3. The minimum absolute atomic E-state index is 0.180. The Kier molecular flexibility index (Phi) is 5.57. The number of hydrogen-bond donors (Lipinski definition) is 2. The molecular formula is C15H10Br4O2. The van der Waals surface area contributed by atoms with Crippen molar-refractivity contribution < 1.29 is 10.2 Å². The predicted molar refractivity (Wildman–Crippen MR) is 101 cm³/mol. The van der Waals surface area contributed by atoms with Gasteiger partial charge in [0.15, 0.2) is 0 Å². The second kappa shape index (κ2) is 6.86. The molecule has 0 saturated heterocycles. The van der Waals surface area contributed by atoms with Crippen molar-refractivity contribution in [3.63, 3.8) is 0 Å². The average molecular weight is 542 g/mol. The number of benzene rings is 2. The van der Waals surface area contributed by atoms with Crippen molar-refractivity contribution in [3.8, 4) is 11.5 Å². The molecule has 0 saturated carbocycles. The van der Waals surface area contributed by atoms with Crippen LogP contribution < -0.4 is 0 Å². The van der Waals surface area contributed by atoms with Crippen LogP contribution >= 0.6 is 63.7 Å². The average Bonchev–Trinajstić information content (AvgIpc) is 2.41. The molecule has 0 amide bonds. The third-order valence-electron chi connectivity index (χ3n) is 2.89. The first-order chi connectivity index (χ1) is 9.79. The molecule has 2 aromatic carbocycles. The van der Waals surface area contributed by atoms with E-state index in [-0.39, 0.29) is 11.5 Å². The fraction of sp³-hybridized carbons (Fsp3) is 0.0667. The zero-order valence-corrected chi connectivity index (χ0v) is 17.1. The molecule has 2 nitrogen and oxygen atoms in total. The summed E-state index contributed by atoms with van der Waals surface area (Å²) in [5.41, 5.74) is 2.96. The Hall–Kier alpha value is -0.300. The summed E-state index contributed by atoms with van der Waals surface area (Å²) in [5, 5.41) is 19.5. The monoisotopic (exact) mass is 538 g/mol. The Balaban J connectivity index is 2.46. The van der Waals surface area contributed by atoms with Crippen LogP contribution in [-0.2, 0) is 0 Å². The largest absolute Gasteiger partial charge is 0.506 e. The van der Waals surface area contributed by atoms with Crippen molar-refractivity contribution in [3.05, 3.63) is 53.3 Å². The van der Waals surface area contributed by atoms with Crippen molar-refractivity contribution in [2.24, 2.45) is 0 Å². The van der Waals surface area contributed by atoms with Gasteiger partial charge in [0.05, 0.1) is 17.9 Å². The minimum atomic E-state index is 0.180. The highest BCUT2D eigenvalue weighted by molar-refractivity contribution is 9.11. The lowest BCUT2D eigenvalue weighted by Crippen LogP contribution is -1.84. The summed E-state index contributed by atoms with van der Waals surface area (Å²) in [5.74, 6) is 0.363. The molecule has 0 aliphatic rings. The molecule has 0 radical (unpaired) electrons. The number of phenols is 2. The summed E-state index contributed by atoms with van der Waals surface area (Å²) in [7, 11) is 0. The van der Waals surface area contributed by atoms with Crippen LogP contribution in [0.2, 0.25) is 0 Å². The molecule has 0 bridgehead atoms. The fourth-order valence-corrected chi connectivity index (χ4v) is 4.20. The lowest BCUT2D eigenvalue weighted by Gasteiger charge is -2.08. The molecule has 0 spiro atoms. The van der Waals surface area contributed by atoms with Crippen LogP contribution in [0, 0.1) is 0 Å². The van der Waals surface area contributed by atoms with Gasteiger partial charge in [0.1, 0.15) is 11.5 Å². The maximum atomic E-state index is 9.75. The third kappa shape index (κ3) is 3.92. The van der Waals surface area contributed by atoms with Crippen LogP contribution in [0.4, 0.5) is 0 Å². The summed E-state index contributed by atoms with van der Waals surface area (Å²) < 4.78 is 2.52. The van der Waals surface area contributed by atoms with Crippen LogP contribution in [-0.4, -0.2) is 10.2 Å². The molecule has 0 fully saturated rings. The van der Waals surface area contributed by atoms with E-state index in [1.54, 1.807) is 0 Å². The third-order valence-corrected chi connectivity index (χ3v) is 5.31. The van der Waals surface area contributed by atoms with Crippen LogP contribution in [0.3, 0.4) is 0 Å². The first-order valence-electron chi connectivity index (χ1n) is 5.84. The molecular weight excluding hydrogens is 532 g/mol. The molecule has 110 valence electrons. The van der Waals surface area contributed by atoms with E-state index in [0.717, 1.165) is 16.7 Å². The maximum absolute atomic E-state index is 9.75. The number of allylic oxidation sites excluding steroid dienone is 1. The van der Waals surface area contributed by atoms with E-state index in [0.29, 0.717) is 17.9 Å². The predicted octanol–water partition coefficient (Wildman–Crippen LogP) is 6.71. The molecule has 0 aliphatic heterocycles. The Labute approximate surface area is 156 Å². The molecule has 2 aromatic rings. The molecule has 0 atom stereocenters. The van der Waals surface area contributed by atoms with Gasteiger partial charge in [0.2, 0.25) is 0 Å². The van der Waals surface area contributed by atoms with Gasteiger partial charge in [-0.2, -0.15) is 0 Å². The molecule has 6 heteroatoms. The first-order valence-corrected chi connectivity index (χ1v) is 9.01. The van der Waals surface area contributed by atoms with E-state index in [9.17, 15) is 10.2 Å². The highest BCUT2D eigenvalue weighted by Gasteiger charge is 2.08. The smallest absolute Gasteiger partial charge is 0.143 e. The van der Waals surface area contributed by atoms with Gasteiger partial charge in [-0.15, -0.1) is 0 Å². The van der Waals surface area contributed by atoms with Gasteiger partial charge >= 0.3 is 0 Å². The van der Waals surface area contributed by atoms with Crippen molar-refractivity contribution in [2.75, 3.05) is 0 Å². The molecule has 2 rings (SSSR count). The van der Waals surface area contributed by atoms with Crippen molar-refractivity contribution in [1.82, 2.24) is 0 Å². The van der Waals surface area contributed by atoms with Gasteiger partial charge in [-0.25, -0.2) is 0 Å². The Bertz CT molecular complexity index is 692. The van der Waals surface area contributed by atoms with E-state index in [1.807, 2.05) is 37.3 Å². The number of rotatable bonds is 2. The second-order valence-corrected chi connectivity index (χ2v) is 7.87. The van der Waals surface area contributed by atoms with Gasteiger partial charge in [-0.1, -0.05) is 6.08 Å². The maximum Gasteiger partial charge on any atom is 0.143 e. The lowest BCUT2D eigenvalue weighted by molar-refractivity contribution is 0.468. The van der Waals surface area contributed by atoms with Crippen LogP contribution in [0.1, 0.15) is 18.1 Å². The Morgan fingerprint density at radius 1 is 0.810 bits per heavy atom. The van der Waals surface area contributed by atoms with Crippen LogP contribution in [0.15, 0.2) is 42.2 Å². The topological polar surface area (TPSA) is 40.5 Å². The summed E-state index contributed by atoms with van der Waals surface area (Å²) in [6.07, 6.45) is 2.00. The van der Waals surface area contributed by atoms with Crippen molar-refractivity contribution in [2.45, 2.75) is 6.92 Å². The van der Waals surface area contributed by atoms with Gasteiger partial charge in [0.25, 0.3) is 0 Å². The van der Waals surface area contributed by atoms with Gasteiger partial charge < -0.3 is 10.2 Å². The highest BCUT2D eigenvalue weighted by atomic mass is 79.9. The van der Waals surface area contributed by atoms with E-state index >= 15 is 0 Å². The number of phenolic OH excluding ortho intramolecular Hbond substituents is 2. The summed E-state index contributed by atoms with van der Waals surface area (Å²) in [4.78, 5) is 0. The standard InChI is InChI=1S/C15H10Br4O2/c1-7(9-5-12(18)15(21)13(19)6-9)2-8-3-10(16)14(20)11(17)4-8/h2-6,20-21H,1H3/b7-2+. The zero-order valence-electron chi connectivity index (χ0n) is 10.8. The molecule has 21 heavy (non-hydrogen) atoms. The highest BCUT2D eigenvalue weighted by Crippen LogP contribution is 2.37. The van der Waals surface area contributed by atoms with Crippen LogP contribution in [0.25, 0.3) is 11.6 Å². The van der Waals surface area contributed by atoms with Gasteiger partial charge in [0, 0.05) is 0 Å². The van der Waals surface area contributed by atoms with E-state index < -0.39 is 0 Å². The minimum Gasteiger partial charge on any atom is -0.506 e. The van der Waals surface area contributed by atoms with Crippen LogP contribution in [0.5, 0.6) is 11.5 Å². The van der Waals surface area contributed by atoms with E-state index in [1.165, 1.54) is 0 Å². The lowest BCUT2D eigenvalue weighted by atomic mass is 10.0.